The summed E-state index contributed by atoms with van der Waals surface area (Å²) in [6, 6.07) is 0.0970. The van der Waals surface area contributed by atoms with Crippen molar-refractivity contribution in [2.24, 2.45) is 5.41 Å². The van der Waals surface area contributed by atoms with Gasteiger partial charge in [0.2, 0.25) is 10.0 Å². The van der Waals surface area contributed by atoms with Crippen molar-refractivity contribution in [1.29, 1.82) is 0 Å². The highest BCUT2D eigenvalue weighted by Gasteiger charge is 2.29. The number of sulfonamides is 1. The van der Waals surface area contributed by atoms with E-state index in [1.807, 2.05) is 32.7 Å². The van der Waals surface area contributed by atoms with Crippen LogP contribution in [0.3, 0.4) is 0 Å². The maximum Gasteiger partial charge on any atom is 0.212 e. The van der Waals surface area contributed by atoms with Crippen LogP contribution in [0.15, 0.2) is 0 Å². The lowest BCUT2D eigenvalue weighted by Crippen LogP contribution is -2.40. The van der Waals surface area contributed by atoms with Gasteiger partial charge in [-0.05, 0) is 18.9 Å². The van der Waals surface area contributed by atoms with Gasteiger partial charge in [0.05, 0.1) is 11.9 Å². The maximum atomic E-state index is 11.8. The van der Waals surface area contributed by atoms with Gasteiger partial charge in [-0.2, -0.15) is 0 Å². The SMILES string of the molecule is CN1C[C@H](O)C[C@H]1CNS(=O)(=O)CC(C)(C)C. The number of aliphatic hydroxyl groups excluding tert-OH is 1. The zero-order valence-electron chi connectivity index (χ0n) is 11.1. The van der Waals surface area contributed by atoms with Gasteiger partial charge >= 0.3 is 0 Å². The van der Waals surface area contributed by atoms with Crippen LogP contribution in [-0.2, 0) is 10.0 Å². The summed E-state index contributed by atoms with van der Waals surface area (Å²) in [5, 5.41) is 9.47. The largest absolute Gasteiger partial charge is 0.392 e. The smallest absolute Gasteiger partial charge is 0.212 e. The summed E-state index contributed by atoms with van der Waals surface area (Å²) in [6.45, 7) is 6.70. The molecule has 5 nitrogen and oxygen atoms in total. The zero-order valence-corrected chi connectivity index (χ0v) is 11.9. The molecule has 102 valence electrons. The molecule has 0 aromatic heterocycles. The molecule has 0 unspecified atom stereocenters. The lowest BCUT2D eigenvalue weighted by atomic mass is 10.0. The van der Waals surface area contributed by atoms with E-state index in [1.54, 1.807) is 0 Å². The van der Waals surface area contributed by atoms with Gasteiger partial charge in [-0.15, -0.1) is 0 Å². The third-order valence-electron chi connectivity index (χ3n) is 2.83. The standard InChI is InChI=1S/C11H24N2O3S/c1-11(2,3)8-17(15,16)12-6-9-5-10(14)7-13(9)4/h9-10,12,14H,5-8H2,1-4H3/t9-,10+/m0/s1. The van der Waals surface area contributed by atoms with Crippen LogP contribution in [0, 0.1) is 5.41 Å². The maximum absolute atomic E-state index is 11.8. The monoisotopic (exact) mass is 264 g/mol. The molecule has 2 N–H and O–H groups in total. The van der Waals surface area contributed by atoms with Gasteiger partial charge in [-0.3, -0.25) is 4.90 Å². The van der Waals surface area contributed by atoms with Crippen LogP contribution in [-0.4, -0.2) is 56.5 Å². The number of aliphatic hydroxyl groups is 1. The van der Waals surface area contributed by atoms with Crippen molar-refractivity contribution in [3.05, 3.63) is 0 Å². The molecule has 1 fully saturated rings. The van der Waals surface area contributed by atoms with Gasteiger partial charge in [0, 0.05) is 19.1 Å². The second-order valence-electron chi connectivity index (χ2n) is 6.15. The van der Waals surface area contributed by atoms with Gasteiger partial charge in [0.1, 0.15) is 0 Å². The molecule has 0 aliphatic carbocycles. The van der Waals surface area contributed by atoms with Gasteiger partial charge in [-0.1, -0.05) is 20.8 Å². The number of rotatable bonds is 4. The van der Waals surface area contributed by atoms with E-state index in [9.17, 15) is 13.5 Å². The Bertz CT molecular complexity index is 348. The predicted molar refractivity (Wildman–Crippen MR) is 68.3 cm³/mol. The Hall–Kier alpha value is -0.170. The third-order valence-corrected chi connectivity index (χ3v) is 4.68. The van der Waals surface area contributed by atoms with Crippen molar-refractivity contribution in [3.63, 3.8) is 0 Å². The first-order chi connectivity index (χ1) is 7.59. The number of nitrogens with zero attached hydrogens (tertiary/aromatic N) is 1. The molecule has 1 rings (SSSR count). The van der Waals surface area contributed by atoms with E-state index in [0.717, 1.165) is 0 Å². The number of likely N-dealkylation sites (N-methyl/N-ethyl adjacent to an activating group) is 1. The summed E-state index contributed by atoms with van der Waals surface area (Å²) in [7, 11) is -1.32. The molecule has 0 aromatic rings. The van der Waals surface area contributed by atoms with E-state index in [0.29, 0.717) is 19.5 Å². The van der Waals surface area contributed by atoms with Gasteiger partial charge < -0.3 is 5.11 Å². The summed E-state index contributed by atoms with van der Waals surface area (Å²) in [4.78, 5) is 1.99. The lowest BCUT2D eigenvalue weighted by Gasteiger charge is -2.22. The molecular weight excluding hydrogens is 240 g/mol. The van der Waals surface area contributed by atoms with Crippen LogP contribution in [0.5, 0.6) is 0 Å². The van der Waals surface area contributed by atoms with Crippen molar-refractivity contribution >= 4 is 10.0 Å². The molecule has 0 bridgehead atoms. The van der Waals surface area contributed by atoms with Crippen LogP contribution >= 0.6 is 0 Å². The molecular formula is C11H24N2O3S. The minimum absolute atomic E-state index is 0.0970. The molecule has 6 heteroatoms. The predicted octanol–water partition coefficient (Wildman–Crippen LogP) is 0.0169. The summed E-state index contributed by atoms with van der Waals surface area (Å²) in [6.07, 6.45) is 0.297. The van der Waals surface area contributed by atoms with Crippen molar-refractivity contribution in [1.82, 2.24) is 9.62 Å². The molecule has 2 atom stereocenters. The number of hydrogen-bond donors (Lipinski definition) is 2. The summed E-state index contributed by atoms with van der Waals surface area (Å²) >= 11 is 0. The second-order valence-corrected chi connectivity index (χ2v) is 7.96. The van der Waals surface area contributed by atoms with Gasteiger partial charge in [0.15, 0.2) is 0 Å². The van der Waals surface area contributed by atoms with E-state index in [1.165, 1.54) is 0 Å². The van der Waals surface area contributed by atoms with Crippen LogP contribution in [0.1, 0.15) is 27.2 Å². The Balaban J connectivity index is 2.45. The molecule has 0 radical (unpaired) electrons. The van der Waals surface area contributed by atoms with Crippen LogP contribution in [0.4, 0.5) is 0 Å². The molecule has 17 heavy (non-hydrogen) atoms. The Morgan fingerprint density at radius 2 is 2.00 bits per heavy atom. The van der Waals surface area contributed by atoms with E-state index in [4.69, 9.17) is 0 Å². The quantitative estimate of drug-likeness (QED) is 0.751. The number of nitrogens with one attached hydrogen (secondary N) is 1. The summed E-state index contributed by atoms with van der Waals surface area (Å²) in [5.41, 5.74) is -0.243. The normalized spacial score (nSPS) is 27.6. The highest BCUT2D eigenvalue weighted by Crippen LogP contribution is 2.17. The molecule has 1 aliphatic heterocycles. The molecule has 1 saturated heterocycles. The lowest BCUT2D eigenvalue weighted by molar-refractivity contribution is 0.182. The van der Waals surface area contributed by atoms with Crippen LogP contribution in [0.2, 0.25) is 0 Å². The first kappa shape index (κ1) is 14.9. The topological polar surface area (TPSA) is 69.6 Å². The first-order valence-electron chi connectivity index (χ1n) is 5.95. The highest BCUT2D eigenvalue weighted by molar-refractivity contribution is 7.89. The number of likely N-dealkylation sites (tertiary alicyclic amines) is 1. The van der Waals surface area contributed by atoms with Crippen LogP contribution in [0.25, 0.3) is 0 Å². The molecule has 0 saturated carbocycles. The molecule has 0 aromatic carbocycles. The van der Waals surface area contributed by atoms with Crippen molar-refractivity contribution in [2.45, 2.75) is 39.3 Å². The Kier molecular flexibility index (Phi) is 4.57. The zero-order chi connectivity index (χ0) is 13.3. The minimum atomic E-state index is -3.23. The second kappa shape index (κ2) is 5.22. The first-order valence-corrected chi connectivity index (χ1v) is 7.60. The highest BCUT2D eigenvalue weighted by atomic mass is 32.2. The Morgan fingerprint density at radius 3 is 2.41 bits per heavy atom. The van der Waals surface area contributed by atoms with Crippen LogP contribution < -0.4 is 4.72 Å². The van der Waals surface area contributed by atoms with Crippen molar-refractivity contribution < 1.29 is 13.5 Å². The third kappa shape index (κ3) is 5.33. The summed E-state index contributed by atoms with van der Waals surface area (Å²) < 4.78 is 26.2. The fourth-order valence-electron chi connectivity index (χ4n) is 2.13. The van der Waals surface area contributed by atoms with E-state index < -0.39 is 10.0 Å². The van der Waals surface area contributed by atoms with Gasteiger partial charge in [0.25, 0.3) is 0 Å². The van der Waals surface area contributed by atoms with Crippen molar-refractivity contribution in [2.75, 3.05) is 25.9 Å². The fraction of sp³-hybridized carbons (Fsp3) is 1.00. The van der Waals surface area contributed by atoms with E-state index in [-0.39, 0.29) is 23.3 Å². The minimum Gasteiger partial charge on any atom is -0.392 e. The average molecular weight is 264 g/mol. The Morgan fingerprint density at radius 1 is 1.41 bits per heavy atom. The molecule has 0 spiro atoms. The molecule has 1 heterocycles. The fourth-order valence-corrected chi connectivity index (χ4v) is 3.82. The average Bonchev–Trinajstić information content (AvgIpc) is 2.37. The number of β-amino-alcohol motifs (C(OH)–C–C–N with tert-alkyl or cyclic N) is 1. The Labute approximate surface area is 104 Å². The van der Waals surface area contributed by atoms with E-state index in [2.05, 4.69) is 4.72 Å². The molecule has 1 aliphatic rings. The summed E-state index contributed by atoms with van der Waals surface area (Å²) in [5.74, 6) is 0.124. The molecule has 0 amide bonds. The number of hydrogen-bond acceptors (Lipinski definition) is 4. The van der Waals surface area contributed by atoms with Gasteiger partial charge in [-0.25, -0.2) is 13.1 Å². The van der Waals surface area contributed by atoms with E-state index >= 15 is 0 Å². The van der Waals surface area contributed by atoms with Crippen molar-refractivity contribution in [3.8, 4) is 0 Å².